The Morgan fingerprint density at radius 3 is 2.83 bits per heavy atom. The molecule has 24 heavy (non-hydrogen) atoms. The molecule has 1 atom stereocenters. The Labute approximate surface area is 139 Å². The van der Waals surface area contributed by atoms with E-state index in [9.17, 15) is 8.78 Å². The van der Waals surface area contributed by atoms with Crippen molar-refractivity contribution < 1.29 is 8.78 Å². The third-order valence-corrected chi connectivity index (χ3v) is 4.72. The molecule has 1 fully saturated rings. The maximum Gasteiger partial charge on any atom is 0.159 e. The van der Waals surface area contributed by atoms with Crippen molar-refractivity contribution in [1.82, 2.24) is 14.7 Å². The van der Waals surface area contributed by atoms with Crippen LogP contribution in [0.5, 0.6) is 0 Å². The fourth-order valence-electron chi connectivity index (χ4n) is 3.55. The Balaban J connectivity index is 1.52. The van der Waals surface area contributed by atoms with Crippen LogP contribution in [0, 0.1) is 11.6 Å². The zero-order valence-electron chi connectivity index (χ0n) is 13.3. The molecule has 2 heterocycles. The molecule has 0 amide bonds. The molecule has 0 radical (unpaired) electrons. The minimum Gasteiger partial charge on any atom is -0.297 e. The van der Waals surface area contributed by atoms with Crippen LogP contribution in [0.1, 0.15) is 24.4 Å². The summed E-state index contributed by atoms with van der Waals surface area (Å²) in [5, 5.41) is 5.71. The maximum absolute atomic E-state index is 13.4. The smallest absolute Gasteiger partial charge is 0.159 e. The number of para-hydroxylation sites is 1. The number of rotatable bonds is 3. The molecule has 0 unspecified atom stereocenters. The van der Waals surface area contributed by atoms with E-state index in [4.69, 9.17) is 0 Å². The predicted molar refractivity (Wildman–Crippen MR) is 89.6 cm³/mol. The van der Waals surface area contributed by atoms with Gasteiger partial charge in [0.2, 0.25) is 0 Å². The van der Waals surface area contributed by atoms with Gasteiger partial charge in [0.1, 0.15) is 0 Å². The van der Waals surface area contributed by atoms with E-state index in [1.807, 2.05) is 18.3 Å². The Kier molecular flexibility index (Phi) is 4.02. The summed E-state index contributed by atoms with van der Waals surface area (Å²) in [6, 6.07) is 12.7. The number of halogens is 2. The van der Waals surface area contributed by atoms with Crippen LogP contribution in [0.4, 0.5) is 8.78 Å². The van der Waals surface area contributed by atoms with Gasteiger partial charge in [-0.2, -0.15) is 5.10 Å². The zero-order chi connectivity index (χ0) is 16.5. The van der Waals surface area contributed by atoms with Crippen molar-refractivity contribution in [2.75, 3.05) is 13.1 Å². The topological polar surface area (TPSA) is 21.1 Å². The highest BCUT2D eigenvalue weighted by molar-refractivity contribution is 5.78. The monoisotopic (exact) mass is 327 g/mol. The lowest BCUT2D eigenvalue weighted by Crippen LogP contribution is -2.36. The molecule has 5 heteroatoms. The van der Waals surface area contributed by atoms with Gasteiger partial charge in [-0.15, -0.1) is 0 Å². The molecule has 3 aromatic rings. The van der Waals surface area contributed by atoms with Crippen molar-refractivity contribution in [3.63, 3.8) is 0 Å². The molecule has 0 spiro atoms. The summed E-state index contributed by atoms with van der Waals surface area (Å²) in [6.45, 7) is 2.46. The first-order chi connectivity index (χ1) is 11.7. The molecule has 3 nitrogen and oxygen atoms in total. The van der Waals surface area contributed by atoms with Crippen LogP contribution in [-0.2, 0) is 6.54 Å². The quantitative estimate of drug-likeness (QED) is 0.720. The average Bonchev–Trinajstić information content (AvgIpc) is 3.03. The highest BCUT2D eigenvalue weighted by Gasteiger charge is 2.23. The van der Waals surface area contributed by atoms with E-state index in [1.54, 1.807) is 6.07 Å². The van der Waals surface area contributed by atoms with Gasteiger partial charge in [0, 0.05) is 18.5 Å². The Hall–Kier alpha value is -2.27. The molecule has 2 aromatic carbocycles. The van der Waals surface area contributed by atoms with Gasteiger partial charge in [-0.3, -0.25) is 9.58 Å². The molecule has 124 valence electrons. The fourth-order valence-corrected chi connectivity index (χ4v) is 3.55. The lowest BCUT2D eigenvalue weighted by molar-refractivity contribution is 0.165. The number of aromatic nitrogens is 2. The van der Waals surface area contributed by atoms with Gasteiger partial charge >= 0.3 is 0 Å². The number of fused-ring (bicyclic) bond motifs is 1. The molecule has 0 saturated carbocycles. The highest BCUT2D eigenvalue weighted by atomic mass is 19.2. The van der Waals surface area contributed by atoms with Crippen molar-refractivity contribution in [1.29, 1.82) is 0 Å². The fraction of sp³-hybridized carbons (Fsp3) is 0.316. The third-order valence-electron chi connectivity index (χ3n) is 4.72. The summed E-state index contributed by atoms with van der Waals surface area (Å²) in [4.78, 5) is 2.29. The van der Waals surface area contributed by atoms with Crippen LogP contribution >= 0.6 is 0 Å². The third kappa shape index (κ3) is 2.91. The normalized spacial score (nSPS) is 19.0. The minimum atomic E-state index is -0.793. The summed E-state index contributed by atoms with van der Waals surface area (Å²) in [5.41, 5.74) is 1.96. The van der Waals surface area contributed by atoms with E-state index in [1.165, 1.54) is 12.1 Å². The number of piperidine rings is 1. The standard InChI is InChI=1S/C19H19F2N3/c20-17-8-7-14(10-18(17)21)12-23-9-3-5-16(13-23)24-19-6-2-1-4-15(19)11-22-24/h1-2,4,6-8,10-11,16H,3,5,9,12-13H2/t16-/m1/s1. The molecule has 0 aliphatic carbocycles. The summed E-state index contributed by atoms with van der Waals surface area (Å²) in [6.07, 6.45) is 4.06. The second-order valence-corrected chi connectivity index (χ2v) is 6.43. The molecule has 1 aliphatic heterocycles. The number of hydrogen-bond acceptors (Lipinski definition) is 2. The van der Waals surface area contributed by atoms with Gasteiger partial charge in [0.25, 0.3) is 0 Å². The van der Waals surface area contributed by atoms with Gasteiger partial charge in [0.15, 0.2) is 11.6 Å². The first kappa shape index (κ1) is 15.3. The lowest BCUT2D eigenvalue weighted by atomic mass is 10.0. The lowest BCUT2D eigenvalue weighted by Gasteiger charge is -2.33. The van der Waals surface area contributed by atoms with Crippen LogP contribution in [-0.4, -0.2) is 27.8 Å². The highest BCUT2D eigenvalue weighted by Crippen LogP contribution is 2.26. The minimum absolute atomic E-state index is 0.309. The van der Waals surface area contributed by atoms with Gasteiger partial charge < -0.3 is 0 Å². The molecule has 1 aromatic heterocycles. The van der Waals surface area contributed by atoms with E-state index in [0.717, 1.165) is 42.4 Å². The molecular formula is C19H19F2N3. The number of benzene rings is 2. The van der Waals surface area contributed by atoms with Crippen molar-refractivity contribution in [3.05, 3.63) is 65.9 Å². The van der Waals surface area contributed by atoms with Gasteiger partial charge in [-0.1, -0.05) is 24.3 Å². The summed E-state index contributed by atoms with van der Waals surface area (Å²) in [7, 11) is 0. The van der Waals surface area contributed by atoms with Crippen molar-refractivity contribution in [2.24, 2.45) is 0 Å². The second kappa shape index (κ2) is 6.32. The van der Waals surface area contributed by atoms with Crippen LogP contribution < -0.4 is 0 Å². The largest absolute Gasteiger partial charge is 0.297 e. The Bertz CT molecular complexity index is 859. The summed E-state index contributed by atoms with van der Waals surface area (Å²) in [5.74, 6) is -1.57. The maximum atomic E-state index is 13.4. The van der Waals surface area contributed by atoms with Crippen LogP contribution in [0.25, 0.3) is 10.9 Å². The van der Waals surface area contributed by atoms with Crippen LogP contribution in [0.3, 0.4) is 0 Å². The number of nitrogens with zero attached hydrogens (tertiary/aromatic N) is 3. The first-order valence-electron chi connectivity index (χ1n) is 8.29. The number of likely N-dealkylation sites (tertiary alicyclic amines) is 1. The average molecular weight is 327 g/mol. The zero-order valence-corrected chi connectivity index (χ0v) is 13.3. The van der Waals surface area contributed by atoms with Crippen LogP contribution in [0.15, 0.2) is 48.7 Å². The molecule has 1 aliphatic rings. The molecule has 0 N–H and O–H groups in total. The SMILES string of the molecule is Fc1ccc(CN2CCC[C@@H](n3ncc4ccccc43)C2)cc1F. The molecule has 4 rings (SSSR count). The summed E-state index contributed by atoms with van der Waals surface area (Å²) >= 11 is 0. The molecule has 0 bridgehead atoms. The van der Waals surface area contributed by atoms with Crippen LogP contribution in [0.2, 0.25) is 0 Å². The molecule has 1 saturated heterocycles. The Morgan fingerprint density at radius 2 is 1.96 bits per heavy atom. The van der Waals surface area contributed by atoms with Crippen molar-refractivity contribution in [2.45, 2.75) is 25.4 Å². The van der Waals surface area contributed by atoms with E-state index < -0.39 is 11.6 Å². The predicted octanol–water partition coefficient (Wildman–Crippen LogP) is 4.15. The van der Waals surface area contributed by atoms with E-state index in [-0.39, 0.29) is 0 Å². The second-order valence-electron chi connectivity index (χ2n) is 6.43. The van der Waals surface area contributed by atoms with Gasteiger partial charge in [-0.05, 0) is 43.1 Å². The van der Waals surface area contributed by atoms with Gasteiger partial charge in [-0.25, -0.2) is 8.78 Å². The van der Waals surface area contributed by atoms with Crippen molar-refractivity contribution in [3.8, 4) is 0 Å². The summed E-state index contributed by atoms with van der Waals surface area (Å²) < 4.78 is 28.6. The Morgan fingerprint density at radius 1 is 1.08 bits per heavy atom. The van der Waals surface area contributed by atoms with E-state index in [2.05, 4.69) is 26.8 Å². The molecular weight excluding hydrogens is 308 g/mol. The van der Waals surface area contributed by atoms with Crippen molar-refractivity contribution >= 4 is 10.9 Å². The number of hydrogen-bond donors (Lipinski definition) is 0. The first-order valence-corrected chi connectivity index (χ1v) is 8.29. The van der Waals surface area contributed by atoms with E-state index in [0.29, 0.717) is 12.6 Å². The van der Waals surface area contributed by atoms with Gasteiger partial charge in [0.05, 0.1) is 17.8 Å². The van der Waals surface area contributed by atoms with E-state index >= 15 is 0 Å².